The Kier molecular flexibility index (Phi) is 4.19. The van der Waals surface area contributed by atoms with Crippen molar-refractivity contribution in [1.82, 2.24) is 14.6 Å². The second-order valence-corrected chi connectivity index (χ2v) is 5.94. The maximum Gasteiger partial charge on any atom is 0.157 e. The Morgan fingerprint density at radius 2 is 2.00 bits per heavy atom. The van der Waals surface area contributed by atoms with Gasteiger partial charge in [0, 0.05) is 29.9 Å². The molecule has 2 aromatic heterocycles. The third kappa shape index (κ3) is 3.13. The van der Waals surface area contributed by atoms with Crippen LogP contribution in [0.5, 0.6) is 5.75 Å². The fraction of sp³-hybridized carbons (Fsp3) is 0.333. The maximum absolute atomic E-state index is 5.41. The Bertz CT molecular complexity index is 823. The summed E-state index contributed by atoms with van der Waals surface area (Å²) in [4.78, 5) is 4.68. The van der Waals surface area contributed by atoms with E-state index in [0.717, 1.165) is 34.2 Å². The van der Waals surface area contributed by atoms with E-state index in [9.17, 15) is 0 Å². The standard InChI is InChI=1S/C18H22N4O/c1-12(2)15-10-17(22-18(20-15)9-13(3)21-22)19-11-14-7-5-6-8-16(14)23-4/h5-10,12,19H,11H2,1-4H3. The molecule has 0 aliphatic heterocycles. The number of aromatic nitrogens is 3. The zero-order chi connectivity index (χ0) is 16.4. The third-order valence-corrected chi connectivity index (χ3v) is 3.81. The quantitative estimate of drug-likeness (QED) is 0.779. The molecule has 5 heteroatoms. The molecule has 0 atom stereocenters. The number of nitrogens with one attached hydrogen (secondary N) is 1. The van der Waals surface area contributed by atoms with Crippen molar-refractivity contribution >= 4 is 11.5 Å². The van der Waals surface area contributed by atoms with Crippen LogP contribution < -0.4 is 10.1 Å². The van der Waals surface area contributed by atoms with E-state index in [-0.39, 0.29) is 0 Å². The lowest BCUT2D eigenvalue weighted by atomic mass is 10.1. The molecule has 0 bridgehead atoms. The number of fused-ring (bicyclic) bond motifs is 1. The Hall–Kier alpha value is -2.56. The lowest BCUT2D eigenvalue weighted by Gasteiger charge is -2.13. The highest BCUT2D eigenvalue weighted by molar-refractivity contribution is 5.51. The molecule has 1 N–H and O–H groups in total. The number of aryl methyl sites for hydroxylation is 1. The molecule has 5 nitrogen and oxygen atoms in total. The van der Waals surface area contributed by atoms with Gasteiger partial charge in [-0.15, -0.1) is 0 Å². The van der Waals surface area contributed by atoms with Crippen LogP contribution in [-0.2, 0) is 6.54 Å². The van der Waals surface area contributed by atoms with E-state index < -0.39 is 0 Å². The van der Waals surface area contributed by atoms with E-state index in [0.29, 0.717) is 12.5 Å². The molecule has 0 saturated heterocycles. The lowest BCUT2D eigenvalue weighted by molar-refractivity contribution is 0.410. The van der Waals surface area contributed by atoms with Crippen LogP contribution in [0.25, 0.3) is 5.65 Å². The van der Waals surface area contributed by atoms with Gasteiger partial charge in [0.2, 0.25) is 0 Å². The third-order valence-electron chi connectivity index (χ3n) is 3.81. The highest BCUT2D eigenvalue weighted by Crippen LogP contribution is 2.22. The number of nitrogens with zero attached hydrogens (tertiary/aromatic N) is 3. The van der Waals surface area contributed by atoms with Crippen LogP contribution >= 0.6 is 0 Å². The van der Waals surface area contributed by atoms with Crippen LogP contribution in [0.1, 0.15) is 36.7 Å². The van der Waals surface area contributed by atoms with Gasteiger partial charge in [-0.25, -0.2) is 4.98 Å². The Labute approximate surface area is 136 Å². The highest BCUT2D eigenvalue weighted by atomic mass is 16.5. The van der Waals surface area contributed by atoms with E-state index >= 15 is 0 Å². The van der Waals surface area contributed by atoms with Crippen molar-refractivity contribution in [3.63, 3.8) is 0 Å². The molecule has 0 spiro atoms. The van der Waals surface area contributed by atoms with Gasteiger partial charge in [-0.2, -0.15) is 9.61 Å². The number of para-hydroxylation sites is 1. The van der Waals surface area contributed by atoms with Crippen molar-refractivity contribution in [3.8, 4) is 5.75 Å². The van der Waals surface area contributed by atoms with Gasteiger partial charge in [0.05, 0.1) is 12.8 Å². The normalized spacial score (nSPS) is 11.2. The molecule has 1 aromatic carbocycles. The van der Waals surface area contributed by atoms with Gasteiger partial charge < -0.3 is 10.1 Å². The van der Waals surface area contributed by atoms with Crippen molar-refractivity contribution < 1.29 is 4.74 Å². The van der Waals surface area contributed by atoms with E-state index in [2.05, 4.69) is 41.4 Å². The van der Waals surface area contributed by atoms with Gasteiger partial charge in [-0.3, -0.25) is 0 Å². The van der Waals surface area contributed by atoms with Gasteiger partial charge in [0.25, 0.3) is 0 Å². The van der Waals surface area contributed by atoms with Gasteiger partial charge in [0.1, 0.15) is 11.6 Å². The number of hydrogen-bond acceptors (Lipinski definition) is 4. The van der Waals surface area contributed by atoms with Crippen LogP contribution in [0.15, 0.2) is 36.4 Å². The maximum atomic E-state index is 5.41. The van der Waals surface area contributed by atoms with Crippen LogP contribution in [0, 0.1) is 6.92 Å². The molecular weight excluding hydrogens is 288 g/mol. The van der Waals surface area contributed by atoms with Gasteiger partial charge in [-0.1, -0.05) is 32.0 Å². The van der Waals surface area contributed by atoms with Crippen molar-refractivity contribution in [1.29, 1.82) is 0 Å². The molecule has 0 amide bonds. The smallest absolute Gasteiger partial charge is 0.157 e. The Morgan fingerprint density at radius 3 is 2.74 bits per heavy atom. The molecular formula is C18H22N4O. The predicted molar refractivity (Wildman–Crippen MR) is 92.1 cm³/mol. The molecule has 0 unspecified atom stereocenters. The molecule has 3 aromatic rings. The summed E-state index contributed by atoms with van der Waals surface area (Å²) in [6.07, 6.45) is 0. The highest BCUT2D eigenvalue weighted by Gasteiger charge is 2.11. The first-order valence-electron chi connectivity index (χ1n) is 7.81. The Morgan fingerprint density at radius 1 is 1.22 bits per heavy atom. The van der Waals surface area contributed by atoms with Crippen LogP contribution in [0.2, 0.25) is 0 Å². The van der Waals surface area contributed by atoms with Crippen LogP contribution in [0.4, 0.5) is 5.82 Å². The minimum absolute atomic E-state index is 0.363. The second kappa shape index (κ2) is 6.28. The summed E-state index contributed by atoms with van der Waals surface area (Å²) in [7, 11) is 1.69. The van der Waals surface area contributed by atoms with Gasteiger partial charge in [0.15, 0.2) is 5.65 Å². The SMILES string of the molecule is COc1ccccc1CNc1cc(C(C)C)nc2cc(C)nn12. The molecule has 0 radical (unpaired) electrons. The largest absolute Gasteiger partial charge is 0.496 e. The number of hydrogen-bond donors (Lipinski definition) is 1. The summed E-state index contributed by atoms with van der Waals surface area (Å²) in [5.41, 5.74) is 3.99. The molecule has 120 valence electrons. The lowest BCUT2D eigenvalue weighted by Crippen LogP contribution is -2.09. The number of benzene rings is 1. The summed E-state index contributed by atoms with van der Waals surface area (Å²) >= 11 is 0. The molecule has 3 rings (SSSR count). The van der Waals surface area contributed by atoms with Crippen molar-refractivity contribution in [2.24, 2.45) is 0 Å². The zero-order valence-electron chi connectivity index (χ0n) is 14.0. The monoisotopic (exact) mass is 310 g/mol. The van der Waals surface area contributed by atoms with E-state index in [1.807, 2.05) is 35.7 Å². The van der Waals surface area contributed by atoms with Crippen molar-refractivity contribution in [2.75, 3.05) is 12.4 Å². The van der Waals surface area contributed by atoms with E-state index in [1.54, 1.807) is 7.11 Å². The van der Waals surface area contributed by atoms with E-state index in [4.69, 9.17) is 4.74 Å². The average Bonchev–Trinajstić information content (AvgIpc) is 2.92. The summed E-state index contributed by atoms with van der Waals surface area (Å²) < 4.78 is 7.27. The molecule has 2 heterocycles. The van der Waals surface area contributed by atoms with Gasteiger partial charge in [-0.05, 0) is 18.9 Å². The first kappa shape index (κ1) is 15.3. The fourth-order valence-corrected chi connectivity index (χ4v) is 2.56. The van der Waals surface area contributed by atoms with Crippen molar-refractivity contribution in [2.45, 2.75) is 33.2 Å². The summed E-state index contributed by atoms with van der Waals surface area (Å²) in [6.45, 7) is 6.94. The summed E-state index contributed by atoms with van der Waals surface area (Å²) in [5.74, 6) is 2.19. The second-order valence-electron chi connectivity index (χ2n) is 5.94. The zero-order valence-corrected chi connectivity index (χ0v) is 14.0. The number of rotatable bonds is 5. The minimum atomic E-state index is 0.363. The predicted octanol–water partition coefficient (Wildman–Crippen LogP) is 3.78. The van der Waals surface area contributed by atoms with Gasteiger partial charge >= 0.3 is 0 Å². The summed E-state index contributed by atoms with van der Waals surface area (Å²) in [5, 5.41) is 8.00. The topological polar surface area (TPSA) is 51.5 Å². The number of methoxy groups -OCH3 is 1. The summed E-state index contributed by atoms with van der Waals surface area (Å²) in [6, 6.07) is 12.1. The van der Waals surface area contributed by atoms with Crippen LogP contribution in [0.3, 0.4) is 0 Å². The number of anilines is 1. The van der Waals surface area contributed by atoms with Crippen molar-refractivity contribution in [3.05, 3.63) is 53.3 Å². The molecule has 0 aliphatic rings. The average molecular weight is 310 g/mol. The first-order chi connectivity index (χ1) is 11.1. The minimum Gasteiger partial charge on any atom is -0.496 e. The molecule has 0 saturated carbocycles. The first-order valence-corrected chi connectivity index (χ1v) is 7.81. The van der Waals surface area contributed by atoms with E-state index in [1.165, 1.54) is 0 Å². The number of ether oxygens (including phenoxy) is 1. The molecule has 0 aliphatic carbocycles. The Balaban J connectivity index is 1.95. The molecule has 23 heavy (non-hydrogen) atoms. The molecule has 0 fully saturated rings. The van der Waals surface area contributed by atoms with Crippen LogP contribution in [-0.4, -0.2) is 21.7 Å². The fourth-order valence-electron chi connectivity index (χ4n) is 2.56.